The molecule has 7 nitrogen and oxygen atoms in total. The van der Waals surface area contributed by atoms with Crippen LogP contribution in [0.25, 0.3) is 10.2 Å². The summed E-state index contributed by atoms with van der Waals surface area (Å²) in [6, 6.07) is 9.65. The monoisotopic (exact) mass is 511 g/mol. The van der Waals surface area contributed by atoms with Crippen molar-refractivity contribution in [2.24, 2.45) is 4.36 Å². The molecule has 3 heterocycles. The van der Waals surface area contributed by atoms with Gasteiger partial charge in [-0.05, 0) is 43.7 Å². The van der Waals surface area contributed by atoms with Crippen molar-refractivity contribution in [3.8, 4) is 0 Å². The Kier molecular flexibility index (Phi) is 6.67. The van der Waals surface area contributed by atoms with Crippen molar-refractivity contribution in [3.05, 3.63) is 47.1 Å². The van der Waals surface area contributed by atoms with Crippen molar-refractivity contribution < 1.29 is 22.2 Å². The van der Waals surface area contributed by atoms with Gasteiger partial charge in [0.2, 0.25) is 0 Å². The van der Waals surface area contributed by atoms with Gasteiger partial charge in [0, 0.05) is 44.7 Å². The van der Waals surface area contributed by atoms with E-state index in [1.807, 2.05) is 6.92 Å². The van der Waals surface area contributed by atoms with Gasteiger partial charge >= 0.3 is 12.1 Å². The standard InChI is InChI=1S/C22H24F3N5O2S2/c1-14(16-4-6-19-18(12-16)27-15(2)33-19)29-8-10-30(11-9-29)20-7-5-17(13-26-20)34(3,32)28-21(31)22(23,24)25/h4-7,12-14H,8-11H2,1-3H3. The minimum Gasteiger partial charge on any atom is -0.354 e. The van der Waals surface area contributed by atoms with E-state index in [-0.39, 0.29) is 10.9 Å². The molecule has 0 N–H and O–H groups in total. The first-order chi connectivity index (χ1) is 15.9. The van der Waals surface area contributed by atoms with Crippen molar-refractivity contribution in [1.82, 2.24) is 14.9 Å². The van der Waals surface area contributed by atoms with Gasteiger partial charge in [-0.2, -0.15) is 13.2 Å². The van der Waals surface area contributed by atoms with E-state index in [2.05, 4.69) is 49.3 Å². The number of anilines is 1. The molecule has 0 spiro atoms. The maximum absolute atomic E-state index is 12.5. The predicted molar refractivity (Wildman–Crippen MR) is 127 cm³/mol. The number of hydrogen-bond donors (Lipinski definition) is 0. The number of piperazine rings is 1. The van der Waals surface area contributed by atoms with Crippen LogP contribution >= 0.6 is 11.3 Å². The number of alkyl halides is 3. The molecule has 2 aromatic heterocycles. The Hall–Kier alpha value is -2.57. The van der Waals surface area contributed by atoms with Gasteiger partial charge < -0.3 is 4.90 Å². The zero-order valence-electron chi connectivity index (χ0n) is 18.9. The van der Waals surface area contributed by atoms with Gasteiger partial charge in [0.05, 0.1) is 29.8 Å². The average molecular weight is 512 g/mol. The third-order valence-corrected chi connectivity index (χ3v) is 8.43. The minimum atomic E-state index is -5.16. The minimum absolute atomic E-state index is 0.0197. The van der Waals surface area contributed by atoms with E-state index in [4.69, 9.17) is 0 Å². The number of amides is 1. The Balaban J connectivity index is 1.41. The highest BCUT2D eigenvalue weighted by Gasteiger charge is 2.39. The molecule has 182 valence electrons. The van der Waals surface area contributed by atoms with E-state index in [0.717, 1.165) is 29.9 Å². The quantitative estimate of drug-likeness (QED) is 0.516. The summed E-state index contributed by atoms with van der Waals surface area (Å²) in [6.45, 7) is 7.22. The number of halogens is 3. The smallest absolute Gasteiger partial charge is 0.354 e. The highest BCUT2D eigenvalue weighted by atomic mass is 32.2. The van der Waals surface area contributed by atoms with Crippen molar-refractivity contribution in [2.75, 3.05) is 37.3 Å². The molecule has 2 atom stereocenters. The van der Waals surface area contributed by atoms with E-state index in [1.165, 1.54) is 22.5 Å². The number of benzene rings is 1. The molecule has 2 unspecified atom stereocenters. The third kappa shape index (κ3) is 5.23. The summed E-state index contributed by atoms with van der Waals surface area (Å²) in [5, 5.41) is 1.05. The predicted octanol–water partition coefficient (Wildman–Crippen LogP) is 4.43. The Morgan fingerprint density at radius 3 is 2.50 bits per heavy atom. The summed E-state index contributed by atoms with van der Waals surface area (Å²) in [4.78, 5) is 24.4. The molecule has 1 fully saturated rings. The van der Waals surface area contributed by atoms with Crippen molar-refractivity contribution >= 4 is 43.0 Å². The second kappa shape index (κ2) is 9.23. The number of aromatic nitrogens is 2. The second-order valence-corrected chi connectivity index (χ2v) is 11.7. The second-order valence-electron chi connectivity index (χ2n) is 8.21. The van der Waals surface area contributed by atoms with Gasteiger partial charge in [-0.15, -0.1) is 15.7 Å². The SMILES string of the molecule is Cc1nc2cc(C(C)N3CCN(c4ccc(S(C)(=O)=NC(=O)C(F)(F)F)cn4)CC3)ccc2s1. The number of nitrogens with zero attached hydrogens (tertiary/aromatic N) is 5. The summed E-state index contributed by atoms with van der Waals surface area (Å²) in [6.07, 6.45) is -2.93. The van der Waals surface area contributed by atoms with E-state index in [0.29, 0.717) is 18.9 Å². The van der Waals surface area contributed by atoms with Crippen LogP contribution in [-0.2, 0) is 14.5 Å². The largest absolute Gasteiger partial charge is 0.474 e. The van der Waals surface area contributed by atoms with Crippen LogP contribution in [0.15, 0.2) is 45.8 Å². The maximum atomic E-state index is 12.5. The number of thiazole rings is 1. The summed E-state index contributed by atoms with van der Waals surface area (Å²) < 4.78 is 54.0. The molecule has 12 heteroatoms. The molecule has 1 aromatic carbocycles. The fourth-order valence-electron chi connectivity index (χ4n) is 3.91. The van der Waals surface area contributed by atoms with Crippen molar-refractivity contribution in [2.45, 2.75) is 31.0 Å². The number of carbonyl (C=O) groups excluding carboxylic acids is 1. The molecule has 0 aliphatic carbocycles. The number of hydrogen-bond acceptors (Lipinski definition) is 7. The molecule has 1 aliphatic heterocycles. The third-order valence-electron chi connectivity index (χ3n) is 5.84. The van der Waals surface area contributed by atoms with Gasteiger partial charge in [0.25, 0.3) is 0 Å². The average Bonchev–Trinajstić information content (AvgIpc) is 3.17. The molecule has 0 radical (unpaired) electrons. The van der Waals surface area contributed by atoms with E-state index >= 15 is 0 Å². The highest BCUT2D eigenvalue weighted by molar-refractivity contribution is 7.93. The van der Waals surface area contributed by atoms with Crippen LogP contribution < -0.4 is 4.90 Å². The zero-order valence-corrected chi connectivity index (χ0v) is 20.5. The lowest BCUT2D eigenvalue weighted by Crippen LogP contribution is -2.47. The van der Waals surface area contributed by atoms with Gasteiger partial charge in [0.15, 0.2) is 0 Å². The van der Waals surface area contributed by atoms with Crippen LogP contribution in [0.2, 0.25) is 0 Å². The maximum Gasteiger partial charge on any atom is 0.474 e. The van der Waals surface area contributed by atoms with E-state index < -0.39 is 21.8 Å². The lowest BCUT2D eigenvalue weighted by atomic mass is 10.1. The fraction of sp³-hybridized carbons (Fsp3) is 0.409. The molecule has 3 aromatic rings. The summed E-state index contributed by atoms with van der Waals surface area (Å²) >= 11 is 1.68. The normalized spacial score (nSPS) is 18.0. The Bertz CT molecular complexity index is 1320. The summed E-state index contributed by atoms with van der Waals surface area (Å²) in [5.74, 6) is -1.73. The molecule has 0 bridgehead atoms. The fourth-order valence-corrected chi connectivity index (χ4v) is 5.82. The summed E-state index contributed by atoms with van der Waals surface area (Å²) in [5.41, 5.74) is 2.23. The van der Waals surface area contributed by atoms with Crippen molar-refractivity contribution in [3.63, 3.8) is 0 Å². The molecule has 34 heavy (non-hydrogen) atoms. The number of fused-ring (bicyclic) bond motifs is 1. The molecule has 0 saturated carbocycles. The van der Waals surface area contributed by atoms with Crippen LogP contribution in [-0.4, -0.2) is 63.6 Å². The van der Waals surface area contributed by atoms with Crippen molar-refractivity contribution in [1.29, 1.82) is 0 Å². The Morgan fingerprint density at radius 2 is 1.88 bits per heavy atom. The first-order valence-electron chi connectivity index (χ1n) is 10.6. The first kappa shape index (κ1) is 24.6. The van der Waals surface area contributed by atoms with Crippen LogP contribution in [0.4, 0.5) is 19.0 Å². The molecule has 1 saturated heterocycles. The summed E-state index contributed by atoms with van der Waals surface area (Å²) in [7, 11) is -3.54. The number of pyridine rings is 1. The molecule has 1 amide bonds. The van der Waals surface area contributed by atoms with Gasteiger partial charge in [-0.1, -0.05) is 6.07 Å². The lowest BCUT2D eigenvalue weighted by molar-refractivity contribution is -0.169. The van der Waals surface area contributed by atoms with Gasteiger partial charge in [-0.3, -0.25) is 9.69 Å². The molecular formula is C22H24F3N5O2S2. The zero-order chi connectivity index (χ0) is 24.7. The highest BCUT2D eigenvalue weighted by Crippen LogP contribution is 2.29. The number of aryl methyl sites for hydroxylation is 1. The van der Waals surface area contributed by atoms with Gasteiger partial charge in [0.1, 0.15) is 5.82 Å². The van der Waals surface area contributed by atoms with Crippen LogP contribution in [0.3, 0.4) is 0 Å². The molecular weight excluding hydrogens is 487 g/mol. The molecule has 4 rings (SSSR count). The van der Waals surface area contributed by atoms with Crippen LogP contribution in [0, 0.1) is 6.92 Å². The van der Waals surface area contributed by atoms with Crippen LogP contribution in [0.5, 0.6) is 0 Å². The van der Waals surface area contributed by atoms with Gasteiger partial charge in [-0.25, -0.2) is 14.2 Å². The Labute approximate surface area is 199 Å². The first-order valence-corrected chi connectivity index (χ1v) is 13.3. The Morgan fingerprint density at radius 1 is 1.18 bits per heavy atom. The lowest BCUT2D eigenvalue weighted by Gasteiger charge is -2.38. The van der Waals surface area contributed by atoms with E-state index in [9.17, 15) is 22.2 Å². The molecule has 1 aliphatic rings. The topological polar surface area (TPSA) is 78.8 Å². The van der Waals surface area contributed by atoms with E-state index in [1.54, 1.807) is 17.4 Å². The number of carbonyl (C=O) groups is 1. The van der Waals surface area contributed by atoms with Crippen LogP contribution in [0.1, 0.15) is 23.5 Å². The number of rotatable bonds is 4.